The van der Waals surface area contributed by atoms with Crippen LogP contribution in [0.4, 0.5) is 19.0 Å². The molecule has 1 saturated carbocycles. The maximum absolute atomic E-state index is 15.5. The molecular formula is C28H28F3N5O3. The van der Waals surface area contributed by atoms with E-state index in [1.807, 2.05) is 0 Å². The van der Waals surface area contributed by atoms with Crippen LogP contribution in [0.3, 0.4) is 0 Å². The fourth-order valence-electron chi connectivity index (χ4n) is 5.09. The molecule has 11 heteroatoms. The number of fused-ring (bicyclic) bond motifs is 8. The van der Waals surface area contributed by atoms with Gasteiger partial charge in [-0.15, -0.1) is 0 Å². The fourth-order valence-corrected chi connectivity index (χ4v) is 5.09. The quantitative estimate of drug-likeness (QED) is 0.460. The number of aryl methyl sites for hydroxylation is 2. The maximum Gasteiger partial charge on any atom is 0.351 e. The van der Waals surface area contributed by atoms with Crippen molar-refractivity contribution in [2.75, 3.05) is 18.5 Å². The van der Waals surface area contributed by atoms with Crippen molar-refractivity contribution in [3.8, 4) is 6.07 Å². The molecule has 1 fully saturated rings. The average Bonchev–Trinajstić information content (AvgIpc) is 3.69. The second-order valence-corrected chi connectivity index (χ2v) is 10.2. The Balaban J connectivity index is 1.72. The van der Waals surface area contributed by atoms with Crippen LogP contribution >= 0.6 is 0 Å². The first-order valence-electron chi connectivity index (χ1n) is 12.8. The summed E-state index contributed by atoms with van der Waals surface area (Å²) in [6.07, 6.45) is 5.46. The van der Waals surface area contributed by atoms with E-state index in [1.54, 1.807) is 32.2 Å². The van der Waals surface area contributed by atoms with Gasteiger partial charge in [-0.3, -0.25) is 13.9 Å². The number of hydrogen-bond donors (Lipinski definition) is 1. The van der Waals surface area contributed by atoms with E-state index in [1.165, 1.54) is 21.3 Å². The molecule has 3 aromatic rings. The van der Waals surface area contributed by atoms with Crippen molar-refractivity contribution in [2.45, 2.75) is 56.5 Å². The molecule has 0 amide bonds. The van der Waals surface area contributed by atoms with Crippen molar-refractivity contribution < 1.29 is 17.9 Å². The van der Waals surface area contributed by atoms with Crippen LogP contribution in [0.5, 0.6) is 0 Å². The molecule has 0 radical (unpaired) electrons. The number of nitriles is 1. The van der Waals surface area contributed by atoms with Crippen LogP contribution in [0.1, 0.15) is 55.3 Å². The second kappa shape index (κ2) is 10.0. The van der Waals surface area contributed by atoms with E-state index in [0.717, 1.165) is 6.07 Å². The lowest BCUT2D eigenvalue weighted by Crippen LogP contribution is -2.33. The van der Waals surface area contributed by atoms with Crippen LogP contribution in [-0.2, 0) is 29.7 Å². The van der Waals surface area contributed by atoms with Gasteiger partial charge in [0.2, 0.25) is 0 Å². The minimum absolute atomic E-state index is 0.0481. The lowest BCUT2D eigenvalue weighted by atomic mass is 9.97. The third kappa shape index (κ3) is 4.74. The van der Waals surface area contributed by atoms with Crippen molar-refractivity contribution in [3.05, 3.63) is 79.8 Å². The normalized spacial score (nSPS) is 21.4. The van der Waals surface area contributed by atoms with E-state index in [4.69, 9.17) is 4.74 Å². The number of pyridine rings is 1. The number of benzene rings is 1. The van der Waals surface area contributed by atoms with Gasteiger partial charge in [0, 0.05) is 24.7 Å². The highest BCUT2D eigenvalue weighted by molar-refractivity contribution is 5.88. The van der Waals surface area contributed by atoms with E-state index < -0.39 is 41.1 Å². The SMILES string of the molecule is C[C@H]1Nc2nc(=O)n(c3c2cc(C2(C#N)CC2)c(=O)n3C)CCC/C=C\COCC(F)(F)c2cccc1c2F. The molecule has 4 bridgehead atoms. The van der Waals surface area contributed by atoms with Crippen LogP contribution in [-0.4, -0.2) is 27.3 Å². The Bertz CT molecular complexity index is 1630. The lowest BCUT2D eigenvalue weighted by Gasteiger charge is -2.23. The predicted octanol–water partition coefficient (Wildman–Crippen LogP) is 4.42. The molecule has 0 unspecified atom stereocenters. The standard InChI is InChI=1S/C28H28F3N5O3/c1-17-18-8-7-9-20(22(18)29)28(30,31)16-39-13-6-4-3-5-12-36-24-19(23(33-17)34-26(36)38)14-21(25(37)35(24)2)27(15-32)10-11-27/h4,6-9,14,17H,3,5,10-13,16H2,1-2H3,(H,33,34,38)/b6-4-/t17-/m1/s1. The van der Waals surface area contributed by atoms with E-state index in [2.05, 4.69) is 16.4 Å². The topological polar surface area (TPSA) is 102 Å². The Morgan fingerprint density at radius 2 is 1.97 bits per heavy atom. The summed E-state index contributed by atoms with van der Waals surface area (Å²) in [5.41, 5.74) is -2.12. The average molecular weight is 540 g/mol. The summed E-state index contributed by atoms with van der Waals surface area (Å²) < 4.78 is 53.1. The number of rotatable bonds is 1. The van der Waals surface area contributed by atoms with E-state index in [0.29, 0.717) is 42.3 Å². The molecule has 39 heavy (non-hydrogen) atoms. The molecule has 3 heterocycles. The highest BCUT2D eigenvalue weighted by Gasteiger charge is 2.47. The van der Waals surface area contributed by atoms with Gasteiger partial charge >= 0.3 is 5.69 Å². The summed E-state index contributed by atoms with van der Waals surface area (Å²) in [5.74, 6) is -4.58. The minimum atomic E-state index is -3.56. The van der Waals surface area contributed by atoms with Crippen molar-refractivity contribution in [2.24, 2.45) is 7.05 Å². The van der Waals surface area contributed by atoms with Gasteiger partial charge in [0.1, 0.15) is 23.9 Å². The molecular weight excluding hydrogens is 511 g/mol. The molecule has 1 aromatic carbocycles. The van der Waals surface area contributed by atoms with Gasteiger partial charge in [-0.1, -0.05) is 24.3 Å². The molecule has 0 saturated heterocycles. The molecule has 204 valence electrons. The summed E-state index contributed by atoms with van der Waals surface area (Å²) in [4.78, 5) is 30.8. The molecule has 1 N–H and O–H groups in total. The Labute approximate surface area is 222 Å². The van der Waals surface area contributed by atoms with Gasteiger partial charge < -0.3 is 10.1 Å². The fraction of sp³-hybridized carbons (Fsp3) is 0.429. The molecule has 8 nitrogen and oxygen atoms in total. The number of halogens is 3. The molecule has 0 spiro atoms. The second-order valence-electron chi connectivity index (χ2n) is 10.2. The van der Waals surface area contributed by atoms with Gasteiger partial charge in [-0.25, -0.2) is 9.18 Å². The lowest BCUT2D eigenvalue weighted by molar-refractivity contribution is -0.0795. The van der Waals surface area contributed by atoms with E-state index >= 15 is 4.39 Å². The molecule has 5 rings (SSSR count). The number of ether oxygens (including phenoxy) is 1. The predicted molar refractivity (Wildman–Crippen MR) is 139 cm³/mol. The van der Waals surface area contributed by atoms with Gasteiger partial charge in [0.15, 0.2) is 0 Å². The zero-order chi connectivity index (χ0) is 27.9. The Kier molecular flexibility index (Phi) is 6.84. The number of aromatic nitrogens is 3. The highest BCUT2D eigenvalue weighted by atomic mass is 19.3. The molecule has 1 aliphatic carbocycles. The van der Waals surface area contributed by atoms with Crippen LogP contribution in [0.2, 0.25) is 0 Å². The van der Waals surface area contributed by atoms with Crippen LogP contribution in [0, 0.1) is 17.1 Å². The summed E-state index contributed by atoms with van der Waals surface area (Å²) >= 11 is 0. The molecule has 1 atom stereocenters. The Morgan fingerprint density at radius 1 is 1.21 bits per heavy atom. The van der Waals surface area contributed by atoms with Crippen molar-refractivity contribution in [1.29, 1.82) is 5.26 Å². The molecule has 2 aromatic heterocycles. The largest absolute Gasteiger partial charge is 0.371 e. The third-order valence-corrected chi connectivity index (χ3v) is 7.47. The van der Waals surface area contributed by atoms with Gasteiger partial charge in [-0.2, -0.15) is 19.0 Å². The van der Waals surface area contributed by atoms with Crippen LogP contribution in [0.15, 0.2) is 46.0 Å². The Morgan fingerprint density at radius 3 is 2.69 bits per heavy atom. The summed E-state index contributed by atoms with van der Waals surface area (Å²) in [6.45, 7) is 0.763. The molecule has 1 aliphatic heterocycles. The van der Waals surface area contributed by atoms with Crippen molar-refractivity contribution in [1.82, 2.24) is 14.1 Å². The van der Waals surface area contributed by atoms with Crippen LogP contribution < -0.4 is 16.6 Å². The van der Waals surface area contributed by atoms with Gasteiger partial charge in [0.05, 0.1) is 35.1 Å². The first kappa shape index (κ1) is 26.7. The first-order valence-corrected chi connectivity index (χ1v) is 12.8. The zero-order valence-electron chi connectivity index (χ0n) is 21.6. The smallest absolute Gasteiger partial charge is 0.351 e. The van der Waals surface area contributed by atoms with Crippen LogP contribution in [0.25, 0.3) is 11.0 Å². The number of nitrogens with zero attached hydrogens (tertiary/aromatic N) is 4. The van der Waals surface area contributed by atoms with Gasteiger partial charge in [0.25, 0.3) is 11.5 Å². The minimum Gasteiger partial charge on any atom is -0.371 e. The van der Waals surface area contributed by atoms with Crippen molar-refractivity contribution in [3.63, 3.8) is 0 Å². The number of nitrogens with one attached hydrogen (secondary N) is 1. The number of anilines is 1. The van der Waals surface area contributed by atoms with Gasteiger partial charge in [-0.05, 0) is 44.7 Å². The maximum atomic E-state index is 15.5. The highest BCUT2D eigenvalue weighted by Crippen LogP contribution is 2.47. The first-order chi connectivity index (χ1) is 18.6. The number of hydrogen-bond acceptors (Lipinski definition) is 6. The Hall–Kier alpha value is -3.91. The van der Waals surface area contributed by atoms with Crippen molar-refractivity contribution >= 4 is 16.9 Å². The number of alkyl halides is 2. The molecule has 2 aliphatic rings. The summed E-state index contributed by atoms with van der Waals surface area (Å²) in [7, 11) is 1.54. The number of allylic oxidation sites excluding steroid dienone is 1. The van der Waals surface area contributed by atoms with E-state index in [-0.39, 0.29) is 30.1 Å². The monoisotopic (exact) mass is 539 g/mol. The summed E-state index contributed by atoms with van der Waals surface area (Å²) in [6, 6.07) is 6.70. The third-order valence-electron chi connectivity index (χ3n) is 7.47. The summed E-state index contributed by atoms with van der Waals surface area (Å²) in [5, 5.41) is 13.2. The van der Waals surface area contributed by atoms with E-state index in [9.17, 15) is 23.6 Å². The zero-order valence-corrected chi connectivity index (χ0v) is 21.6.